The molecule has 1 N–H and O–H groups in total. The number of esters is 2. The first kappa shape index (κ1) is 16.7. The maximum atomic E-state index is 11.9. The van der Waals surface area contributed by atoms with Gasteiger partial charge < -0.3 is 14.8 Å². The fraction of sp³-hybridized carbons (Fsp3) is 0.400. The zero-order valence-electron chi connectivity index (χ0n) is 12.6. The van der Waals surface area contributed by atoms with E-state index in [2.05, 4.69) is 14.8 Å². The van der Waals surface area contributed by atoms with Gasteiger partial charge in [-0.15, -0.1) is 0 Å². The maximum absolute atomic E-state index is 11.9. The lowest BCUT2D eigenvalue weighted by Gasteiger charge is -2.12. The Bertz CT molecular complexity index is 551. The van der Waals surface area contributed by atoms with Gasteiger partial charge in [-0.1, -0.05) is 13.8 Å². The monoisotopic (exact) mass is 293 g/mol. The van der Waals surface area contributed by atoms with Crippen LogP contribution in [0, 0.1) is 5.92 Å². The van der Waals surface area contributed by atoms with E-state index in [-0.39, 0.29) is 28.6 Å². The second kappa shape index (κ2) is 7.42. The van der Waals surface area contributed by atoms with Crippen molar-refractivity contribution in [2.75, 3.05) is 19.5 Å². The van der Waals surface area contributed by atoms with Crippen LogP contribution in [0.3, 0.4) is 0 Å². The van der Waals surface area contributed by atoms with Crippen LogP contribution < -0.4 is 5.32 Å². The van der Waals surface area contributed by atoms with E-state index < -0.39 is 11.9 Å². The Hall–Kier alpha value is -2.37. The van der Waals surface area contributed by atoms with Gasteiger partial charge in [0.05, 0.1) is 31.0 Å². The van der Waals surface area contributed by atoms with Crippen molar-refractivity contribution < 1.29 is 23.9 Å². The number of hydrogen-bond acceptors (Lipinski definition) is 5. The van der Waals surface area contributed by atoms with Crippen LogP contribution in [0.2, 0.25) is 0 Å². The molecule has 0 heterocycles. The van der Waals surface area contributed by atoms with E-state index >= 15 is 0 Å². The molecule has 0 saturated carbocycles. The number of rotatable bonds is 5. The van der Waals surface area contributed by atoms with Gasteiger partial charge in [-0.25, -0.2) is 9.59 Å². The molecule has 0 spiro atoms. The number of hydrogen-bond donors (Lipinski definition) is 1. The van der Waals surface area contributed by atoms with Crippen molar-refractivity contribution in [1.82, 2.24) is 0 Å². The van der Waals surface area contributed by atoms with Crippen LogP contribution in [0.25, 0.3) is 0 Å². The number of carbonyl (C=O) groups excluding carboxylic acids is 3. The van der Waals surface area contributed by atoms with Gasteiger partial charge in [0.2, 0.25) is 5.91 Å². The first-order valence-corrected chi connectivity index (χ1v) is 6.49. The molecular weight excluding hydrogens is 274 g/mol. The van der Waals surface area contributed by atoms with E-state index in [4.69, 9.17) is 0 Å². The molecule has 0 atom stereocenters. The van der Waals surface area contributed by atoms with E-state index in [0.717, 1.165) is 0 Å². The summed E-state index contributed by atoms with van der Waals surface area (Å²) < 4.78 is 9.28. The summed E-state index contributed by atoms with van der Waals surface area (Å²) >= 11 is 0. The predicted octanol–water partition coefficient (Wildman–Crippen LogP) is 2.24. The summed E-state index contributed by atoms with van der Waals surface area (Å²) in [5, 5.41) is 2.63. The minimum absolute atomic E-state index is 0.176. The number of benzene rings is 1. The summed E-state index contributed by atoms with van der Waals surface area (Å²) in [6, 6.07) is 4.26. The van der Waals surface area contributed by atoms with Gasteiger partial charge >= 0.3 is 11.9 Å². The largest absolute Gasteiger partial charge is 0.465 e. The highest BCUT2D eigenvalue weighted by Gasteiger charge is 2.17. The van der Waals surface area contributed by atoms with Crippen LogP contribution in [0.1, 0.15) is 41.0 Å². The standard InChI is InChI=1S/C15H19NO5/c1-9(2)7-13(17)16-12-8-10(14(18)20-3)5-6-11(12)15(19)21-4/h5-6,8-9H,7H2,1-4H3,(H,16,17). The lowest BCUT2D eigenvalue weighted by molar-refractivity contribution is -0.116. The number of ether oxygens (including phenoxy) is 2. The SMILES string of the molecule is COC(=O)c1ccc(C(=O)OC)c(NC(=O)CC(C)C)c1. The molecule has 0 saturated heterocycles. The molecule has 0 radical (unpaired) electrons. The molecule has 1 aromatic rings. The topological polar surface area (TPSA) is 81.7 Å². The van der Waals surface area contributed by atoms with Crippen LogP contribution in [-0.2, 0) is 14.3 Å². The Morgan fingerprint density at radius 2 is 1.71 bits per heavy atom. The van der Waals surface area contributed by atoms with Crippen molar-refractivity contribution in [3.63, 3.8) is 0 Å². The van der Waals surface area contributed by atoms with Crippen molar-refractivity contribution >= 4 is 23.5 Å². The van der Waals surface area contributed by atoms with Gasteiger partial charge in [0.15, 0.2) is 0 Å². The Morgan fingerprint density at radius 3 is 2.24 bits per heavy atom. The van der Waals surface area contributed by atoms with Crippen molar-refractivity contribution in [3.05, 3.63) is 29.3 Å². The zero-order valence-corrected chi connectivity index (χ0v) is 12.6. The van der Waals surface area contributed by atoms with Crippen molar-refractivity contribution in [1.29, 1.82) is 0 Å². The van der Waals surface area contributed by atoms with E-state index in [1.54, 1.807) is 0 Å². The van der Waals surface area contributed by atoms with Gasteiger partial charge in [0, 0.05) is 6.42 Å². The molecule has 0 fully saturated rings. The quantitative estimate of drug-likeness (QED) is 0.842. The minimum Gasteiger partial charge on any atom is -0.465 e. The molecule has 6 heteroatoms. The summed E-state index contributed by atoms with van der Waals surface area (Å²) in [6.07, 6.45) is 0.309. The molecule has 0 aliphatic carbocycles. The summed E-state index contributed by atoms with van der Waals surface area (Å²) in [4.78, 5) is 35.1. The smallest absolute Gasteiger partial charge is 0.339 e. The van der Waals surface area contributed by atoms with Crippen LogP contribution in [0.15, 0.2) is 18.2 Å². The molecule has 21 heavy (non-hydrogen) atoms. The van der Waals surface area contributed by atoms with Crippen LogP contribution >= 0.6 is 0 Å². The van der Waals surface area contributed by atoms with Crippen molar-refractivity contribution in [3.8, 4) is 0 Å². The lowest BCUT2D eigenvalue weighted by Crippen LogP contribution is -2.17. The first-order valence-electron chi connectivity index (χ1n) is 6.49. The maximum Gasteiger partial charge on any atom is 0.339 e. The summed E-state index contributed by atoms with van der Waals surface area (Å²) in [5.74, 6) is -1.20. The van der Waals surface area contributed by atoms with E-state index in [9.17, 15) is 14.4 Å². The van der Waals surface area contributed by atoms with E-state index in [1.807, 2.05) is 13.8 Å². The van der Waals surface area contributed by atoms with Gasteiger partial charge in [0.25, 0.3) is 0 Å². The van der Waals surface area contributed by atoms with E-state index in [1.165, 1.54) is 32.4 Å². The molecule has 0 bridgehead atoms. The molecule has 0 aliphatic heterocycles. The normalized spacial score (nSPS) is 10.1. The first-order chi connectivity index (χ1) is 9.88. The number of nitrogens with one attached hydrogen (secondary N) is 1. The average Bonchev–Trinajstić information content (AvgIpc) is 2.44. The predicted molar refractivity (Wildman–Crippen MR) is 77.2 cm³/mol. The third kappa shape index (κ3) is 4.59. The third-order valence-corrected chi connectivity index (χ3v) is 2.71. The van der Waals surface area contributed by atoms with Crippen molar-refractivity contribution in [2.24, 2.45) is 5.92 Å². The molecule has 0 aromatic heterocycles. The highest BCUT2D eigenvalue weighted by atomic mass is 16.5. The second-order valence-corrected chi connectivity index (χ2v) is 4.89. The second-order valence-electron chi connectivity index (χ2n) is 4.89. The molecule has 6 nitrogen and oxygen atoms in total. The van der Waals surface area contributed by atoms with Gasteiger partial charge in [-0.3, -0.25) is 4.79 Å². The minimum atomic E-state index is -0.591. The Morgan fingerprint density at radius 1 is 1.10 bits per heavy atom. The van der Waals surface area contributed by atoms with Gasteiger partial charge in [-0.2, -0.15) is 0 Å². The molecular formula is C15H19NO5. The van der Waals surface area contributed by atoms with E-state index in [0.29, 0.717) is 6.42 Å². The fourth-order valence-electron chi connectivity index (χ4n) is 1.75. The lowest BCUT2D eigenvalue weighted by atomic mass is 10.1. The Balaban J connectivity index is 3.13. The van der Waals surface area contributed by atoms with Gasteiger partial charge in [0.1, 0.15) is 0 Å². The Labute approximate surface area is 123 Å². The molecule has 114 valence electrons. The fourth-order valence-corrected chi connectivity index (χ4v) is 1.75. The summed E-state index contributed by atoms with van der Waals surface area (Å²) in [6.45, 7) is 3.82. The third-order valence-electron chi connectivity index (χ3n) is 2.71. The van der Waals surface area contributed by atoms with Crippen LogP contribution in [-0.4, -0.2) is 32.1 Å². The molecule has 0 aliphatic rings. The number of methoxy groups -OCH3 is 2. The number of anilines is 1. The average molecular weight is 293 g/mol. The molecule has 1 aromatic carbocycles. The summed E-state index contributed by atoms with van der Waals surface area (Å²) in [5.41, 5.74) is 0.655. The van der Waals surface area contributed by atoms with Crippen LogP contribution in [0.4, 0.5) is 5.69 Å². The highest BCUT2D eigenvalue weighted by molar-refractivity contribution is 6.03. The molecule has 0 unspecified atom stereocenters. The number of amides is 1. The van der Waals surface area contributed by atoms with Crippen LogP contribution in [0.5, 0.6) is 0 Å². The highest BCUT2D eigenvalue weighted by Crippen LogP contribution is 2.20. The van der Waals surface area contributed by atoms with Gasteiger partial charge in [-0.05, 0) is 24.1 Å². The number of carbonyl (C=O) groups is 3. The summed E-state index contributed by atoms with van der Waals surface area (Å²) in [7, 11) is 2.50. The zero-order chi connectivity index (χ0) is 16.0. The molecule has 1 rings (SSSR count). The molecule has 1 amide bonds. The Kier molecular flexibility index (Phi) is 5.90. The van der Waals surface area contributed by atoms with Crippen molar-refractivity contribution in [2.45, 2.75) is 20.3 Å².